The van der Waals surface area contributed by atoms with Crippen molar-refractivity contribution < 1.29 is 66.7 Å². The molecule has 2 fully saturated rings. The van der Waals surface area contributed by atoms with E-state index >= 15 is 0 Å². The van der Waals surface area contributed by atoms with Gasteiger partial charge in [0.25, 0.3) is 0 Å². The van der Waals surface area contributed by atoms with E-state index in [1.807, 2.05) is 84.9 Å². The Balaban J connectivity index is 0.962. The van der Waals surface area contributed by atoms with Crippen molar-refractivity contribution in [2.45, 2.75) is 103 Å². The third-order valence-corrected chi connectivity index (χ3v) is 14.2. The van der Waals surface area contributed by atoms with E-state index in [-0.39, 0.29) is 81.5 Å². The van der Waals surface area contributed by atoms with Crippen molar-refractivity contribution in [3.05, 3.63) is 145 Å². The van der Waals surface area contributed by atoms with Crippen LogP contribution in [-0.2, 0) is 47.5 Å². The molecule has 2 amide bonds. The van der Waals surface area contributed by atoms with E-state index in [0.29, 0.717) is 23.0 Å². The van der Waals surface area contributed by atoms with Gasteiger partial charge in [-0.3, -0.25) is 0 Å². The fourth-order valence-electron chi connectivity index (χ4n) is 9.59. The van der Waals surface area contributed by atoms with E-state index in [4.69, 9.17) is 37.9 Å². The zero-order valence-electron chi connectivity index (χ0n) is 44.8. The predicted octanol–water partition coefficient (Wildman–Crippen LogP) is 10.6. The minimum atomic E-state index is -0.908. The molecule has 6 rings (SSSR count). The van der Waals surface area contributed by atoms with Crippen LogP contribution < -0.4 is 10.6 Å². The summed E-state index contributed by atoms with van der Waals surface area (Å²) >= 11 is 0. The van der Waals surface area contributed by atoms with Crippen molar-refractivity contribution in [1.29, 1.82) is 0 Å². The Morgan fingerprint density at radius 2 is 0.818 bits per heavy atom. The number of hydrogen-bond acceptors (Lipinski definition) is 14. The number of amides is 2. The largest absolute Gasteiger partial charge is 0.460 e. The minimum Gasteiger partial charge on any atom is -0.460 e. The van der Waals surface area contributed by atoms with Gasteiger partial charge in [0.15, 0.2) is 12.2 Å². The molecule has 2 atom stereocenters. The lowest BCUT2D eigenvalue weighted by Crippen LogP contribution is -2.41. The van der Waals surface area contributed by atoms with E-state index < -0.39 is 48.3 Å². The average molecular weight is 1060 g/mol. The van der Waals surface area contributed by atoms with Gasteiger partial charge in [-0.15, -0.1) is 0 Å². The number of benzene rings is 4. The lowest BCUT2D eigenvalue weighted by atomic mass is 9.60. The summed E-state index contributed by atoms with van der Waals surface area (Å²) in [5, 5.41) is 5.14. The molecule has 77 heavy (non-hydrogen) atoms. The summed E-state index contributed by atoms with van der Waals surface area (Å²) in [6.45, 7) is 14.3. The third-order valence-electron chi connectivity index (χ3n) is 14.2. The number of carbonyl (C=O) groups excluding carboxylic acids is 6. The molecule has 0 saturated heterocycles. The number of ether oxygens (including phenoxy) is 8. The van der Waals surface area contributed by atoms with Crippen LogP contribution in [0.25, 0.3) is 22.3 Å². The number of carbonyl (C=O) groups is 6. The van der Waals surface area contributed by atoms with Gasteiger partial charge in [0.05, 0.1) is 49.6 Å². The highest BCUT2D eigenvalue weighted by molar-refractivity contribution is 5.91. The van der Waals surface area contributed by atoms with Crippen molar-refractivity contribution in [3.8, 4) is 22.3 Å². The molecule has 4 aromatic carbocycles. The minimum absolute atomic E-state index is 0.00841. The fourth-order valence-corrected chi connectivity index (χ4v) is 9.59. The molecule has 2 unspecified atom stereocenters. The molecular formula is C61H74N2O14. The Bertz CT molecular complexity index is 2390. The molecule has 16 heteroatoms. The number of esters is 4. The number of rotatable bonds is 26. The second-order valence-electron chi connectivity index (χ2n) is 20.3. The Morgan fingerprint density at radius 1 is 0.481 bits per heavy atom. The molecule has 2 aliphatic rings. The summed E-state index contributed by atoms with van der Waals surface area (Å²) in [7, 11) is 0. The quantitative estimate of drug-likeness (QED) is 0.0260. The molecule has 0 spiro atoms. The lowest BCUT2D eigenvalue weighted by Gasteiger charge is -2.46. The predicted molar refractivity (Wildman–Crippen MR) is 290 cm³/mol. The van der Waals surface area contributed by atoms with Crippen molar-refractivity contribution in [1.82, 2.24) is 10.6 Å². The number of nitrogens with one attached hydrogen (secondary N) is 2. The highest BCUT2D eigenvalue weighted by atomic mass is 16.6. The van der Waals surface area contributed by atoms with Crippen LogP contribution in [0.15, 0.2) is 133 Å². The van der Waals surface area contributed by atoms with Gasteiger partial charge < -0.3 is 48.5 Å². The van der Waals surface area contributed by atoms with E-state index in [1.54, 1.807) is 24.3 Å². The van der Waals surface area contributed by atoms with E-state index in [9.17, 15) is 28.8 Å². The van der Waals surface area contributed by atoms with Crippen molar-refractivity contribution >= 4 is 36.1 Å². The van der Waals surface area contributed by atoms with Gasteiger partial charge in [-0.25, -0.2) is 28.8 Å². The van der Waals surface area contributed by atoms with Crippen LogP contribution in [0.2, 0.25) is 0 Å². The Hall–Kier alpha value is -7.30. The van der Waals surface area contributed by atoms with Crippen LogP contribution in [0.3, 0.4) is 0 Å². The SMILES string of the molecule is C=C(C)C(=O)OCCNC(=O)OC(COC(=O)c1ccc(-c2ccccc2)cc1)COC1CCC(C(C)(C)C2CCC(OCC(COC(=O)c3ccc(-c4ccccc4)cc3)OC(=O)NCCOC(=O)C(=C)C)CC2)CC1. The number of alkyl carbamates (subject to hydrolysis) is 2. The maximum atomic E-state index is 13.2. The second kappa shape index (κ2) is 29.9. The summed E-state index contributed by atoms with van der Waals surface area (Å²) in [6.07, 6.45) is 3.52. The first kappa shape index (κ1) is 59.0. The molecule has 0 aromatic heterocycles. The second-order valence-corrected chi connectivity index (χ2v) is 20.3. The van der Waals surface area contributed by atoms with E-state index in [1.165, 1.54) is 13.8 Å². The maximum absolute atomic E-state index is 13.2. The molecular weight excluding hydrogens is 985 g/mol. The average Bonchev–Trinajstić information content (AvgIpc) is 3.45. The highest BCUT2D eigenvalue weighted by Crippen LogP contribution is 2.49. The van der Waals surface area contributed by atoms with Crippen molar-refractivity contribution in [2.24, 2.45) is 17.3 Å². The first-order chi connectivity index (χ1) is 37.0. The molecule has 2 aliphatic carbocycles. The first-order valence-corrected chi connectivity index (χ1v) is 26.5. The van der Waals surface area contributed by atoms with E-state index in [0.717, 1.165) is 73.6 Å². The van der Waals surface area contributed by atoms with Crippen LogP contribution in [0.4, 0.5) is 9.59 Å². The van der Waals surface area contributed by atoms with E-state index in [2.05, 4.69) is 37.6 Å². The topological polar surface area (TPSA) is 200 Å². The fraction of sp³-hybridized carbons (Fsp3) is 0.443. The molecule has 4 aromatic rings. The smallest absolute Gasteiger partial charge is 0.407 e. The zero-order valence-corrected chi connectivity index (χ0v) is 44.8. The third kappa shape index (κ3) is 19.0. The van der Waals surface area contributed by atoms with Gasteiger partial charge in [0.2, 0.25) is 0 Å². The first-order valence-electron chi connectivity index (χ1n) is 26.5. The normalized spacial score (nSPS) is 18.0. The van der Waals surface area contributed by atoms with Gasteiger partial charge in [0.1, 0.15) is 26.4 Å². The molecule has 2 saturated carbocycles. The van der Waals surface area contributed by atoms with Crippen LogP contribution in [-0.4, -0.2) is 113 Å². The summed E-state index contributed by atoms with van der Waals surface area (Å²) in [5.41, 5.74) is 5.17. The van der Waals surface area contributed by atoms with Crippen LogP contribution in [0.5, 0.6) is 0 Å². The summed E-state index contributed by atoms with van der Waals surface area (Å²) in [4.78, 5) is 75.6. The Morgan fingerprint density at radius 3 is 1.16 bits per heavy atom. The van der Waals surface area contributed by atoms with Gasteiger partial charge in [-0.2, -0.15) is 0 Å². The summed E-state index contributed by atoms with van der Waals surface area (Å²) < 4.78 is 45.5. The lowest BCUT2D eigenvalue weighted by molar-refractivity contribution is -0.139. The monoisotopic (exact) mass is 1060 g/mol. The van der Waals surface area contributed by atoms with Gasteiger partial charge in [-0.05, 0) is 129 Å². The molecule has 0 radical (unpaired) electrons. The molecule has 2 N–H and O–H groups in total. The van der Waals surface area contributed by atoms with Crippen molar-refractivity contribution in [2.75, 3.05) is 52.7 Å². The van der Waals surface area contributed by atoms with Crippen LogP contribution in [0.1, 0.15) is 99.8 Å². The Kier molecular flexibility index (Phi) is 22.9. The Labute approximate surface area is 452 Å². The van der Waals surface area contributed by atoms with Gasteiger partial charge in [-0.1, -0.05) is 112 Å². The van der Waals surface area contributed by atoms with Gasteiger partial charge in [0, 0.05) is 11.1 Å². The maximum Gasteiger partial charge on any atom is 0.407 e. The summed E-state index contributed by atoms with van der Waals surface area (Å²) in [6, 6.07) is 33.8. The molecule has 0 bridgehead atoms. The molecule has 16 nitrogen and oxygen atoms in total. The highest BCUT2D eigenvalue weighted by Gasteiger charge is 2.41. The molecule has 412 valence electrons. The van der Waals surface area contributed by atoms with Crippen LogP contribution >= 0.6 is 0 Å². The zero-order chi connectivity index (χ0) is 55.2. The number of hydrogen-bond donors (Lipinski definition) is 2. The van der Waals surface area contributed by atoms with Gasteiger partial charge >= 0.3 is 36.1 Å². The standard InChI is InChI=1S/C61H74N2O14/c1-41(2)55(64)70-35-33-62-59(68)76-53(39-74-57(66)47-21-17-45(18-22-47)43-13-9-7-10-14-43)37-72-51-29-25-49(26-30-51)61(5,6)50-27-31-52(32-28-50)73-38-54(77-60(69)63-34-36-71-56(65)42(3)4)40-75-58(67)48-23-19-46(20-24-48)44-15-11-8-12-16-44/h7-24,49-54H,1,3,25-40H2,2,4-6H3,(H,62,68)(H,63,69). The van der Waals surface area contributed by atoms with Crippen LogP contribution in [0, 0.1) is 17.3 Å². The summed E-state index contributed by atoms with van der Waals surface area (Å²) in [5.74, 6) is -1.37. The molecule has 0 aliphatic heterocycles. The van der Waals surface area contributed by atoms with Crippen molar-refractivity contribution in [3.63, 3.8) is 0 Å². The molecule has 0 heterocycles.